The number of halogens is 2. The van der Waals surface area contributed by atoms with E-state index in [4.69, 9.17) is 17.3 Å². The largest absolute Gasteiger partial charge is 0.399 e. The van der Waals surface area contributed by atoms with Crippen LogP contribution < -0.4 is 11.1 Å². The molecule has 0 saturated carbocycles. The quantitative estimate of drug-likeness (QED) is 0.657. The minimum Gasteiger partial charge on any atom is -0.399 e. The predicted molar refractivity (Wildman–Crippen MR) is 75.8 cm³/mol. The van der Waals surface area contributed by atoms with E-state index < -0.39 is 0 Å². The number of amides is 1. The summed E-state index contributed by atoms with van der Waals surface area (Å²) in [7, 11) is 0. The van der Waals surface area contributed by atoms with Crippen LogP contribution in [0.2, 0.25) is 5.02 Å². The van der Waals surface area contributed by atoms with Crippen LogP contribution in [-0.4, -0.2) is 10.9 Å². The van der Waals surface area contributed by atoms with Crippen LogP contribution in [0.1, 0.15) is 10.4 Å². The van der Waals surface area contributed by atoms with Crippen LogP contribution in [0.15, 0.2) is 41.1 Å². The number of hydrogen-bond donors (Lipinski definition) is 2. The van der Waals surface area contributed by atoms with Crippen molar-refractivity contribution in [2.24, 2.45) is 0 Å². The van der Waals surface area contributed by atoms with Gasteiger partial charge < -0.3 is 11.1 Å². The Morgan fingerprint density at radius 1 is 1.39 bits per heavy atom. The molecule has 6 heteroatoms. The summed E-state index contributed by atoms with van der Waals surface area (Å²) in [6.45, 7) is 0. The van der Waals surface area contributed by atoms with Crippen molar-refractivity contribution < 1.29 is 4.79 Å². The second-order valence-electron chi connectivity index (χ2n) is 3.57. The van der Waals surface area contributed by atoms with Crippen LogP contribution in [-0.2, 0) is 0 Å². The molecule has 2 rings (SSSR count). The molecule has 1 aromatic heterocycles. The summed E-state index contributed by atoms with van der Waals surface area (Å²) in [5, 5.41) is 3.15. The third-order valence-electron chi connectivity index (χ3n) is 2.20. The maximum atomic E-state index is 12.0. The Labute approximate surface area is 117 Å². The predicted octanol–water partition coefficient (Wildman–Crippen LogP) is 3.33. The molecule has 1 aromatic carbocycles. The van der Waals surface area contributed by atoms with Crippen molar-refractivity contribution in [2.45, 2.75) is 0 Å². The van der Waals surface area contributed by atoms with Crippen LogP contribution in [0.4, 0.5) is 11.4 Å². The highest BCUT2D eigenvalue weighted by Gasteiger charge is 2.09. The summed E-state index contributed by atoms with van der Waals surface area (Å²) >= 11 is 9.05. The molecule has 0 aliphatic rings. The fraction of sp³-hybridized carbons (Fsp3) is 0. The number of carbonyl (C=O) groups is 1. The highest BCUT2D eigenvalue weighted by Crippen LogP contribution is 2.23. The molecule has 0 radical (unpaired) electrons. The van der Waals surface area contributed by atoms with Gasteiger partial charge in [0.05, 0.1) is 10.7 Å². The highest BCUT2D eigenvalue weighted by atomic mass is 79.9. The minimum absolute atomic E-state index is 0.271. The number of pyridine rings is 1. The van der Waals surface area contributed by atoms with E-state index in [0.717, 1.165) is 0 Å². The maximum absolute atomic E-state index is 12.0. The lowest BCUT2D eigenvalue weighted by atomic mass is 10.2. The maximum Gasteiger partial charge on any atom is 0.255 e. The number of benzene rings is 1. The first-order chi connectivity index (χ1) is 8.56. The van der Waals surface area contributed by atoms with Gasteiger partial charge in [0.25, 0.3) is 5.91 Å². The lowest BCUT2D eigenvalue weighted by Crippen LogP contribution is -2.12. The Morgan fingerprint density at radius 2 is 2.17 bits per heavy atom. The van der Waals surface area contributed by atoms with Gasteiger partial charge in [-0.25, -0.2) is 4.98 Å². The van der Waals surface area contributed by atoms with Crippen molar-refractivity contribution in [1.82, 2.24) is 4.98 Å². The van der Waals surface area contributed by atoms with E-state index in [2.05, 4.69) is 26.2 Å². The standard InChI is InChI=1S/C12H9BrClN3O/c13-11-10(5-8(14)6-16-11)17-12(18)7-2-1-3-9(15)4-7/h1-6H,15H2,(H,17,18). The Hall–Kier alpha value is -1.59. The number of carbonyl (C=O) groups excluding carboxylic acids is 1. The van der Waals surface area contributed by atoms with Crippen molar-refractivity contribution in [3.05, 3.63) is 51.7 Å². The number of aromatic nitrogens is 1. The van der Waals surface area contributed by atoms with Crippen LogP contribution in [0.3, 0.4) is 0 Å². The van der Waals surface area contributed by atoms with Crippen LogP contribution in [0.5, 0.6) is 0 Å². The minimum atomic E-state index is -0.271. The number of nitrogen functional groups attached to an aromatic ring is 1. The van der Waals surface area contributed by atoms with Gasteiger partial charge in [-0.1, -0.05) is 17.7 Å². The van der Waals surface area contributed by atoms with E-state index in [1.54, 1.807) is 30.3 Å². The van der Waals surface area contributed by atoms with E-state index in [-0.39, 0.29) is 5.91 Å². The van der Waals surface area contributed by atoms with Crippen molar-refractivity contribution in [3.63, 3.8) is 0 Å². The number of nitrogens with two attached hydrogens (primary N) is 1. The molecular weight excluding hydrogens is 318 g/mol. The molecule has 0 aliphatic carbocycles. The average Bonchev–Trinajstić information content (AvgIpc) is 2.34. The molecule has 0 unspecified atom stereocenters. The third-order valence-corrected chi connectivity index (χ3v) is 3.04. The van der Waals surface area contributed by atoms with Crippen molar-refractivity contribution in [1.29, 1.82) is 0 Å². The molecule has 0 atom stereocenters. The Bertz CT molecular complexity index is 604. The second kappa shape index (κ2) is 5.37. The molecule has 0 fully saturated rings. The lowest BCUT2D eigenvalue weighted by Gasteiger charge is -2.07. The van der Waals surface area contributed by atoms with Gasteiger partial charge in [0, 0.05) is 17.4 Å². The van der Waals surface area contributed by atoms with Crippen molar-refractivity contribution >= 4 is 44.8 Å². The zero-order valence-electron chi connectivity index (χ0n) is 9.15. The highest BCUT2D eigenvalue weighted by molar-refractivity contribution is 9.10. The third kappa shape index (κ3) is 3.00. The zero-order chi connectivity index (χ0) is 13.1. The van der Waals surface area contributed by atoms with Gasteiger partial charge in [-0.2, -0.15) is 0 Å². The fourth-order valence-electron chi connectivity index (χ4n) is 1.38. The topological polar surface area (TPSA) is 68.0 Å². The van der Waals surface area contributed by atoms with Gasteiger partial charge in [-0.05, 0) is 40.2 Å². The normalized spacial score (nSPS) is 10.1. The van der Waals surface area contributed by atoms with E-state index in [9.17, 15) is 4.79 Å². The average molecular weight is 327 g/mol. The first-order valence-electron chi connectivity index (χ1n) is 5.04. The summed E-state index contributed by atoms with van der Waals surface area (Å²) in [5.41, 5.74) is 7.14. The van der Waals surface area contributed by atoms with Crippen molar-refractivity contribution in [3.8, 4) is 0 Å². The summed E-state index contributed by atoms with van der Waals surface area (Å²) in [6, 6.07) is 8.32. The molecule has 18 heavy (non-hydrogen) atoms. The van der Waals surface area contributed by atoms with Gasteiger partial charge in [0.15, 0.2) is 0 Å². The van der Waals surface area contributed by atoms with E-state index in [1.807, 2.05) is 0 Å². The summed E-state index contributed by atoms with van der Waals surface area (Å²) < 4.78 is 0.518. The fourth-order valence-corrected chi connectivity index (χ4v) is 1.86. The number of hydrogen-bond acceptors (Lipinski definition) is 3. The van der Waals surface area contributed by atoms with Gasteiger partial charge in [0.2, 0.25) is 0 Å². The van der Waals surface area contributed by atoms with E-state index in [1.165, 1.54) is 6.20 Å². The van der Waals surface area contributed by atoms with Crippen LogP contribution in [0, 0.1) is 0 Å². The molecule has 0 bridgehead atoms. The monoisotopic (exact) mass is 325 g/mol. The molecule has 1 heterocycles. The molecule has 0 saturated heterocycles. The molecule has 3 N–H and O–H groups in total. The first-order valence-corrected chi connectivity index (χ1v) is 6.21. The van der Waals surface area contributed by atoms with E-state index >= 15 is 0 Å². The molecule has 1 amide bonds. The number of nitrogens with zero attached hydrogens (tertiary/aromatic N) is 1. The number of rotatable bonds is 2. The van der Waals surface area contributed by atoms with Gasteiger partial charge in [0.1, 0.15) is 4.60 Å². The SMILES string of the molecule is Nc1cccc(C(=O)Nc2cc(Cl)cnc2Br)c1. The zero-order valence-corrected chi connectivity index (χ0v) is 11.5. The van der Waals surface area contributed by atoms with Crippen LogP contribution in [0.25, 0.3) is 0 Å². The Balaban J connectivity index is 2.24. The van der Waals surface area contributed by atoms with E-state index in [0.29, 0.717) is 26.6 Å². The molecule has 2 aromatic rings. The molecular formula is C12H9BrClN3O. The lowest BCUT2D eigenvalue weighted by molar-refractivity contribution is 0.102. The van der Waals surface area contributed by atoms with Gasteiger partial charge >= 0.3 is 0 Å². The van der Waals surface area contributed by atoms with Gasteiger partial charge in [-0.3, -0.25) is 4.79 Å². The van der Waals surface area contributed by atoms with Gasteiger partial charge in [-0.15, -0.1) is 0 Å². The Morgan fingerprint density at radius 3 is 2.89 bits per heavy atom. The smallest absolute Gasteiger partial charge is 0.255 e. The summed E-state index contributed by atoms with van der Waals surface area (Å²) in [5.74, 6) is -0.271. The number of nitrogens with one attached hydrogen (secondary N) is 1. The number of anilines is 2. The van der Waals surface area contributed by atoms with Crippen molar-refractivity contribution in [2.75, 3.05) is 11.1 Å². The van der Waals surface area contributed by atoms with Crippen LogP contribution >= 0.6 is 27.5 Å². The summed E-state index contributed by atoms with van der Waals surface area (Å²) in [4.78, 5) is 16.0. The Kier molecular flexibility index (Phi) is 3.84. The molecule has 0 aliphatic heterocycles. The molecule has 92 valence electrons. The molecule has 4 nitrogen and oxygen atoms in total. The summed E-state index contributed by atoms with van der Waals surface area (Å²) in [6.07, 6.45) is 1.49. The molecule has 0 spiro atoms. The second-order valence-corrected chi connectivity index (χ2v) is 4.76. The first kappa shape index (κ1) is 12.9.